The minimum Gasteiger partial charge on any atom is -0.488 e. The molecule has 4 rings (SSSR count). The quantitative estimate of drug-likeness (QED) is 0.571. The third-order valence-corrected chi connectivity index (χ3v) is 5.92. The zero-order valence-corrected chi connectivity index (χ0v) is 17.3. The van der Waals surface area contributed by atoms with Crippen LogP contribution < -0.4 is 10.1 Å². The number of ether oxygens (including phenoxy) is 1. The zero-order chi connectivity index (χ0) is 19.7. The topological polar surface area (TPSA) is 51.2 Å². The summed E-state index contributed by atoms with van der Waals surface area (Å²) in [6.45, 7) is 2.18. The molecule has 1 N–H and O–H groups in total. The van der Waals surface area contributed by atoms with Crippen LogP contribution >= 0.6 is 34.5 Å². The summed E-state index contributed by atoms with van der Waals surface area (Å²) >= 11 is 13.7. The molecule has 1 aliphatic rings. The van der Waals surface area contributed by atoms with Crippen LogP contribution in [0.15, 0.2) is 48.2 Å². The van der Waals surface area contributed by atoms with Gasteiger partial charge in [-0.3, -0.25) is 10.1 Å². The highest BCUT2D eigenvalue weighted by Gasteiger charge is 2.18. The lowest BCUT2D eigenvalue weighted by Gasteiger charge is -2.17. The van der Waals surface area contributed by atoms with Crippen LogP contribution in [0.2, 0.25) is 10.0 Å². The van der Waals surface area contributed by atoms with Gasteiger partial charge in [0.2, 0.25) is 0 Å². The van der Waals surface area contributed by atoms with Gasteiger partial charge in [-0.15, -0.1) is 11.3 Å². The van der Waals surface area contributed by atoms with E-state index < -0.39 is 0 Å². The molecule has 2 heterocycles. The minimum absolute atomic E-state index is 0.209. The van der Waals surface area contributed by atoms with E-state index in [1.165, 1.54) is 11.3 Å². The van der Waals surface area contributed by atoms with Crippen LogP contribution in [-0.4, -0.2) is 17.5 Å². The molecular formula is C21H16Cl2N2O2S. The molecule has 4 nitrogen and oxygen atoms in total. The van der Waals surface area contributed by atoms with Crippen LogP contribution in [0.4, 0.5) is 5.13 Å². The Labute approximate surface area is 176 Å². The van der Waals surface area contributed by atoms with Crippen molar-refractivity contribution in [3.8, 4) is 5.75 Å². The molecule has 0 bridgehead atoms. The number of aromatic nitrogens is 1. The van der Waals surface area contributed by atoms with Crippen molar-refractivity contribution >= 4 is 51.7 Å². The van der Waals surface area contributed by atoms with E-state index >= 15 is 0 Å². The molecule has 2 aromatic carbocycles. The third kappa shape index (κ3) is 4.22. The summed E-state index contributed by atoms with van der Waals surface area (Å²) in [5, 5.41) is 4.75. The van der Waals surface area contributed by atoms with Gasteiger partial charge in [0, 0.05) is 33.1 Å². The highest BCUT2D eigenvalue weighted by Crippen LogP contribution is 2.30. The SMILES string of the molecule is Cc1ccc(Cc2cnc(NC(=O)C3=Cc4cc(Cl)ccc4OC3)s2)cc1Cl. The van der Waals surface area contributed by atoms with E-state index in [1.54, 1.807) is 30.5 Å². The number of thiazole rings is 1. The van der Waals surface area contributed by atoms with Gasteiger partial charge in [-0.05, 0) is 48.4 Å². The average molecular weight is 431 g/mol. The number of nitrogens with one attached hydrogen (secondary N) is 1. The molecular weight excluding hydrogens is 415 g/mol. The zero-order valence-electron chi connectivity index (χ0n) is 15.0. The predicted octanol–water partition coefficient (Wildman–Crippen LogP) is 5.76. The number of nitrogens with zero attached hydrogens (tertiary/aromatic N) is 1. The lowest BCUT2D eigenvalue weighted by atomic mass is 10.1. The van der Waals surface area contributed by atoms with Crippen LogP contribution in [0.5, 0.6) is 5.75 Å². The molecule has 28 heavy (non-hydrogen) atoms. The highest BCUT2D eigenvalue weighted by atomic mass is 35.5. The van der Waals surface area contributed by atoms with Crippen LogP contribution in [0.25, 0.3) is 6.08 Å². The first-order valence-corrected chi connectivity index (χ1v) is 10.2. The molecule has 1 aromatic heterocycles. The van der Waals surface area contributed by atoms with Crippen molar-refractivity contribution < 1.29 is 9.53 Å². The second kappa shape index (κ2) is 7.95. The summed E-state index contributed by atoms with van der Waals surface area (Å²) in [7, 11) is 0. The Bertz CT molecular complexity index is 1090. The molecule has 1 amide bonds. The van der Waals surface area contributed by atoms with Crippen LogP contribution in [-0.2, 0) is 11.2 Å². The minimum atomic E-state index is -0.232. The lowest BCUT2D eigenvalue weighted by Crippen LogP contribution is -2.21. The van der Waals surface area contributed by atoms with Gasteiger partial charge < -0.3 is 4.74 Å². The summed E-state index contributed by atoms with van der Waals surface area (Å²) in [4.78, 5) is 17.9. The Morgan fingerprint density at radius 1 is 1.25 bits per heavy atom. The monoisotopic (exact) mass is 430 g/mol. The van der Waals surface area contributed by atoms with Gasteiger partial charge in [0.15, 0.2) is 5.13 Å². The first kappa shape index (κ1) is 19.0. The number of halogens is 2. The predicted molar refractivity (Wildman–Crippen MR) is 115 cm³/mol. The molecule has 142 valence electrons. The number of fused-ring (bicyclic) bond motifs is 1. The lowest BCUT2D eigenvalue weighted by molar-refractivity contribution is -0.113. The first-order valence-electron chi connectivity index (χ1n) is 8.62. The summed E-state index contributed by atoms with van der Waals surface area (Å²) in [5.74, 6) is 0.485. The summed E-state index contributed by atoms with van der Waals surface area (Å²) in [5.41, 5.74) is 3.47. The fraction of sp³-hybridized carbons (Fsp3) is 0.143. The third-order valence-electron chi connectivity index (χ3n) is 4.37. The van der Waals surface area contributed by atoms with Gasteiger partial charge in [0.1, 0.15) is 12.4 Å². The van der Waals surface area contributed by atoms with Gasteiger partial charge >= 0.3 is 0 Å². The maximum Gasteiger partial charge on any atom is 0.256 e. The molecule has 0 atom stereocenters. The van der Waals surface area contributed by atoms with Crippen LogP contribution in [0.1, 0.15) is 21.6 Å². The first-order chi connectivity index (χ1) is 13.5. The van der Waals surface area contributed by atoms with Crippen molar-refractivity contribution in [2.24, 2.45) is 0 Å². The Morgan fingerprint density at radius 3 is 2.93 bits per heavy atom. The van der Waals surface area contributed by atoms with Gasteiger partial charge in [-0.2, -0.15) is 0 Å². The Kier molecular flexibility index (Phi) is 5.40. The van der Waals surface area contributed by atoms with E-state index in [-0.39, 0.29) is 12.5 Å². The Balaban J connectivity index is 1.45. The largest absolute Gasteiger partial charge is 0.488 e. The van der Waals surface area contributed by atoms with Gasteiger partial charge in [0.05, 0.1) is 5.57 Å². The number of benzene rings is 2. The van der Waals surface area contributed by atoms with E-state index in [0.717, 1.165) is 26.6 Å². The van der Waals surface area contributed by atoms with Crippen molar-refractivity contribution in [1.82, 2.24) is 4.98 Å². The summed E-state index contributed by atoms with van der Waals surface area (Å²) in [6.07, 6.45) is 4.28. The Hall–Kier alpha value is -2.34. The summed E-state index contributed by atoms with van der Waals surface area (Å²) in [6, 6.07) is 11.3. The maximum atomic E-state index is 12.6. The second-order valence-corrected chi connectivity index (χ2v) is 8.45. The van der Waals surface area contributed by atoms with Gasteiger partial charge in [0.25, 0.3) is 5.91 Å². The number of hydrogen-bond acceptors (Lipinski definition) is 4. The molecule has 0 fully saturated rings. The van der Waals surface area contributed by atoms with E-state index in [1.807, 2.05) is 25.1 Å². The molecule has 0 aliphatic carbocycles. The molecule has 0 spiro atoms. The maximum absolute atomic E-state index is 12.6. The standard InChI is InChI=1S/C21H16Cl2N2O2S/c1-12-2-3-13(7-18(12)23)6-17-10-24-21(28-17)25-20(26)15-8-14-9-16(22)4-5-19(14)27-11-15/h2-5,7-10H,6,11H2,1H3,(H,24,25,26). The number of hydrogen-bond donors (Lipinski definition) is 1. The number of amides is 1. The fourth-order valence-corrected chi connectivity index (χ4v) is 4.08. The van der Waals surface area contributed by atoms with E-state index in [0.29, 0.717) is 27.9 Å². The van der Waals surface area contributed by atoms with Crippen molar-refractivity contribution in [3.05, 3.63) is 79.8 Å². The van der Waals surface area contributed by atoms with E-state index in [4.69, 9.17) is 27.9 Å². The molecule has 1 aliphatic heterocycles. The number of rotatable bonds is 4. The van der Waals surface area contributed by atoms with Gasteiger partial charge in [-0.1, -0.05) is 35.3 Å². The number of carbonyl (C=O) groups is 1. The second-order valence-electron chi connectivity index (χ2n) is 6.49. The smallest absolute Gasteiger partial charge is 0.256 e. The average Bonchev–Trinajstić information content (AvgIpc) is 3.10. The van der Waals surface area contributed by atoms with Crippen LogP contribution in [0, 0.1) is 6.92 Å². The van der Waals surface area contributed by atoms with Crippen molar-refractivity contribution in [2.45, 2.75) is 13.3 Å². The Morgan fingerprint density at radius 2 is 2.11 bits per heavy atom. The molecule has 0 saturated heterocycles. The molecule has 7 heteroatoms. The molecule has 0 unspecified atom stereocenters. The summed E-state index contributed by atoms with van der Waals surface area (Å²) < 4.78 is 5.64. The fourth-order valence-electron chi connectivity index (χ4n) is 2.85. The highest BCUT2D eigenvalue weighted by molar-refractivity contribution is 7.15. The van der Waals surface area contributed by atoms with E-state index in [2.05, 4.69) is 10.3 Å². The molecule has 0 radical (unpaired) electrons. The normalized spacial score (nSPS) is 12.8. The van der Waals surface area contributed by atoms with Crippen molar-refractivity contribution in [1.29, 1.82) is 0 Å². The number of carbonyl (C=O) groups excluding carboxylic acids is 1. The van der Waals surface area contributed by atoms with E-state index in [9.17, 15) is 4.79 Å². The van der Waals surface area contributed by atoms with Crippen molar-refractivity contribution in [3.63, 3.8) is 0 Å². The van der Waals surface area contributed by atoms with Gasteiger partial charge in [-0.25, -0.2) is 4.98 Å². The number of aryl methyl sites for hydroxylation is 1. The molecule has 3 aromatic rings. The van der Waals surface area contributed by atoms with Crippen LogP contribution in [0.3, 0.4) is 0 Å². The molecule has 0 saturated carbocycles. The van der Waals surface area contributed by atoms with Crippen molar-refractivity contribution in [2.75, 3.05) is 11.9 Å². The number of anilines is 1.